The molecule has 0 saturated heterocycles. The van der Waals surface area contributed by atoms with Gasteiger partial charge in [0.15, 0.2) is 5.90 Å². The Kier molecular flexibility index (Phi) is 1.27. The van der Waals surface area contributed by atoms with Gasteiger partial charge >= 0.3 is 0 Å². The summed E-state index contributed by atoms with van der Waals surface area (Å²) in [5.41, 5.74) is 1.37. The quantitative estimate of drug-likeness (QED) is 0.514. The maximum absolute atomic E-state index is 5.33. The molecule has 4 atom stereocenters. The van der Waals surface area contributed by atoms with Crippen LogP contribution < -0.4 is 0 Å². The fourth-order valence-corrected chi connectivity index (χ4v) is 2.50. The molecule has 0 N–H and O–H groups in total. The first-order chi connectivity index (χ1) is 6.31. The van der Waals surface area contributed by atoms with Crippen molar-refractivity contribution in [1.29, 1.82) is 0 Å². The maximum atomic E-state index is 5.33. The van der Waals surface area contributed by atoms with Gasteiger partial charge in [0.2, 0.25) is 0 Å². The van der Waals surface area contributed by atoms with E-state index < -0.39 is 0 Å². The minimum absolute atomic E-state index is 0.245. The van der Waals surface area contributed by atoms with E-state index in [1.54, 1.807) is 7.11 Å². The molecule has 2 nitrogen and oxygen atoms in total. The molecule has 4 rings (SSSR count). The molecule has 0 aromatic carbocycles. The van der Waals surface area contributed by atoms with Gasteiger partial charge in [0, 0.05) is 5.92 Å². The van der Waals surface area contributed by atoms with Gasteiger partial charge in [0.25, 0.3) is 0 Å². The van der Waals surface area contributed by atoms with Crippen LogP contribution in [0.15, 0.2) is 28.8 Å². The van der Waals surface area contributed by atoms with Crippen molar-refractivity contribution in [2.24, 2.45) is 22.7 Å². The molecule has 0 aromatic heterocycles. The molecule has 4 bridgehead atoms. The molecule has 1 saturated carbocycles. The molecule has 0 aromatic rings. The van der Waals surface area contributed by atoms with Crippen molar-refractivity contribution in [2.75, 3.05) is 7.11 Å². The van der Waals surface area contributed by atoms with Crippen LogP contribution in [-0.4, -0.2) is 19.0 Å². The normalized spacial score (nSPS) is 44.8. The van der Waals surface area contributed by atoms with Crippen molar-refractivity contribution in [1.82, 2.24) is 0 Å². The molecule has 4 aliphatic rings. The molecule has 1 fully saturated rings. The number of aliphatic imine (C=N–C) groups is 1. The standard InChI is InChI=1S/C11H13NO/c1-6-5-8-7-3-4-9(6)12-11(13-2)10(7)8/h3-5,7-10H,1-2H3/t7-,8-,9+,10-/m0/s1. The van der Waals surface area contributed by atoms with E-state index in [0.29, 0.717) is 17.8 Å². The molecule has 2 heterocycles. The van der Waals surface area contributed by atoms with E-state index in [1.807, 2.05) is 0 Å². The Hall–Kier alpha value is -1.05. The van der Waals surface area contributed by atoms with Crippen LogP contribution in [0.2, 0.25) is 0 Å². The number of methoxy groups -OCH3 is 1. The lowest BCUT2D eigenvalue weighted by Crippen LogP contribution is -2.09. The van der Waals surface area contributed by atoms with Gasteiger partial charge in [0.1, 0.15) is 0 Å². The van der Waals surface area contributed by atoms with Crippen LogP contribution in [0.4, 0.5) is 0 Å². The van der Waals surface area contributed by atoms with Crippen molar-refractivity contribution < 1.29 is 4.74 Å². The second-order valence-electron chi connectivity index (χ2n) is 4.09. The van der Waals surface area contributed by atoms with Crippen molar-refractivity contribution in [2.45, 2.75) is 13.0 Å². The molecular weight excluding hydrogens is 162 g/mol. The van der Waals surface area contributed by atoms with Crippen molar-refractivity contribution in [3.05, 3.63) is 23.8 Å². The lowest BCUT2D eigenvalue weighted by Gasteiger charge is -2.07. The van der Waals surface area contributed by atoms with E-state index in [-0.39, 0.29) is 6.04 Å². The number of nitrogens with zero attached hydrogens (tertiary/aromatic N) is 1. The Bertz CT molecular complexity index is 340. The van der Waals surface area contributed by atoms with Gasteiger partial charge in [-0.3, -0.25) is 0 Å². The second kappa shape index (κ2) is 2.25. The molecule has 0 radical (unpaired) electrons. The summed E-state index contributed by atoms with van der Waals surface area (Å²) < 4.78 is 5.33. The summed E-state index contributed by atoms with van der Waals surface area (Å²) in [5, 5.41) is 0. The zero-order valence-electron chi connectivity index (χ0n) is 7.90. The smallest absolute Gasteiger partial charge is 0.188 e. The third-order valence-corrected chi connectivity index (χ3v) is 3.33. The van der Waals surface area contributed by atoms with Crippen molar-refractivity contribution in [3.63, 3.8) is 0 Å². The van der Waals surface area contributed by atoms with Crippen molar-refractivity contribution >= 4 is 5.90 Å². The van der Waals surface area contributed by atoms with E-state index >= 15 is 0 Å². The van der Waals surface area contributed by atoms with Gasteiger partial charge < -0.3 is 4.74 Å². The lowest BCUT2D eigenvalue weighted by molar-refractivity contribution is 0.381. The number of hydrogen-bond acceptors (Lipinski definition) is 2. The molecular formula is C11H13NO. The van der Waals surface area contributed by atoms with E-state index in [1.165, 1.54) is 5.57 Å². The summed E-state index contributed by atoms with van der Waals surface area (Å²) in [4.78, 5) is 4.60. The summed E-state index contributed by atoms with van der Waals surface area (Å²) >= 11 is 0. The number of hydrogen-bond donors (Lipinski definition) is 0. The maximum Gasteiger partial charge on any atom is 0.188 e. The third-order valence-electron chi connectivity index (χ3n) is 3.33. The van der Waals surface area contributed by atoms with Crippen LogP contribution in [0, 0.1) is 17.8 Å². The van der Waals surface area contributed by atoms with Crippen LogP contribution in [0.1, 0.15) is 6.92 Å². The molecule has 68 valence electrons. The first-order valence-corrected chi connectivity index (χ1v) is 4.79. The zero-order valence-corrected chi connectivity index (χ0v) is 7.90. The Morgan fingerprint density at radius 2 is 2.15 bits per heavy atom. The molecule has 13 heavy (non-hydrogen) atoms. The number of ether oxygens (including phenoxy) is 1. The van der Waals surface area contributed by atoms with Crippen molar-refractivity contribution in [3.8, 4) is 0 Å². The fourth-order valence-electron chi connectivity index (χ4n) is 2.50. The van der Waals surface area contributed by atoms with Gasteiger partial charge in [0.05, 0.1) is 13.2 Å². The second-order valence-corrected chi connectivity index (χ2v) is 4.09. The summed E-state index contributed by atoms with van der Waals surface area (Å²) in [6.07, 6.45) is 6.89. The molecule has 0 amide bonds. The van der Waals surface area contributed by atoms with Gasteiger partial charge in [-0.2, -0.15) is 0 Å². The Balaban J connectivity index is 2.10. The molecule has 0 unspecified atom stereocenters. The molecule has 2 heteroatoms. The predicted octanol–water partition coefficient (Wildman–Crippen LogP) is 1.79. The number of rotatable bonds is 0. The summed E-state index contributed by atoms with van der Waals surface area (Å²) in [7, 11) is 1.73. The van der Waals surface area contributed by atoms with Crippen LogP contribution in [0.5, 0.6) is 0 Å². The Morgan fingerprint density at radius 3 is 2.92 bits per heavy atom. The van der Waals surface area contributed by atoms with Crippen LogP contribution in [0.3, 0.4) is 0 Å². The van der Waals surface area contributed by atoms with E-state index in [2.05, 4.69) is 30.1 Å². The average molecular weight is 175 g/mol. The van der Waals surface area contributed by atoms with E-state index in [0.717, 1.165) is 5.90 Å². The predicted molar refractivity (Wildman–Crippen MR) is 51.6 cm³/mol. The molecule has 2 aliphatic heterocycles. The minimum atomic E-state index is 0.245. The van der Waals surface area contributed by atoms with Gasteiger partial charge in [-0.05, 0) is 24.3 Å². The minimum Gasteiger partial charge on any atom is -0.484 e. The SMILES string of the molecule is COC1=N[C@@H]2C=C[C@H]3[C@H](C=C2C)[C@@H]13. The Labute approximate surface area is 78.0 Å². The highest BCUT2D eigenvalue weighted by Gasteiger charge is 2.53. The largest absolute Gasteiger partial charge is 0.484 e. The van der Waals surface area contributed by atoms with Crippen LogP contribution >= 0.6 is 0 Å². The highest BCUT2D eigenvalue weighted by atomic mass is 16.5. The molecule has 0 spiro atoms. The monoisotopic (exact) mass is 175 g/mol. The topological polar surface area (TPSA) is 21.6 Å². The first-order valence-electron chi connectivity index (χ1n) is 4.79. The summed E-state index contributed by atoms with van der Waals surface area (Å²) in [6, 6.07) is 0.245. The third kappa shape index (κ3) is 0.859. The van der Waals surface area contributed by atoms with E-state index in [9.17, 15) is 0 Å². The Morgan fingerprint density at radius 1 is 1.31 bits per heavy atom. The lowest BCUT2D eigenvalue weighted by atomic mass is 10.1. The zero-order chi connectivity index (χ0) is 9.00. The summed E-state index contributed by atoms with van der Waals surface area (Å²) in [5.74, 6) is 2.84. The first kappa shape index (κ1) is 7.36. The molecule has 2 aliphatic carbocycles. The summed E-state index contributed by atoms with van der Waals surface area (Å²) in [6.45, 7) is 2.16. The van der Waals surface area contributed by atoms with E-state index in [4.69, 9.17) is 4.74 Å². The highest BCUT2D eigenvalue weighted by Crippen LogP contribution is 2.53. The van der Waals surface area contributed by atoms with Crippen LogP contribution in [0.25, 0.3) is 0 Å². The van der Waals surface area contributed by atoms with Crippen LogP contribution in [-0.2, 0) is 4.74 Å². The average Bonchev–Trinajstić information content (AvgIpc) is 2.82. The highest BCUT2D eigenvalue weighted by molar-refractivity contribution is 5.85. The number of allylic oxidation sites excluding steroid dienone is 2. The van der Waals surface area contributed by atoms with Gasteiger partial charge in [-0.25, -0.2) is 4.99 Å². The van der Waals surface area contributed by atoms with Gasteiger partial charge in [-0.1, -0.05) is 18.2 Å². The van der Waals surface area contributed by atoms with Gasteiger partial charge in [-0.15, -0.1) is 0 Å². The fraction of sp³-hybridized carbons (Fsp3) is 0.545.